The molecule has 2 rings (SSSR count). The first-order chi connectivity index (χ1) is 11.3. The molecule has 24 heavy (non-hydrogen) atoms. The zero-order valence-corrected chi connectivity index (χ0v) is 15.8. The first-order valence-electron chi connectivity index (χ1n) is 7.97. The number of nitrogens with one attached hydrogen (secondary N) is 1. The highest BCUT2D eigenvalue weighted by molar-refractivity contribution is 8.00. The maximum atomic E-state index is 12.2. The highest BCUT2D eigenvalue weighted by atomic mass is 32.2. The Bertz CT molecular complexity index is 720. The summed E-state index contributed by atoms with van der Waals surface area (Å²) in [7, 11) is 1.61. The Morgan fingerprint density at radius 3 is 2.58 bits per heavy atom. The minimum absolute atomic E-state index is 0.0196. The number of benzene rings is 2. The van der Waals surface area contributed by atoms with Crippen LogP contribution in [0.1, 0.15) is 31.9 Å². The van der Waals surface area contributed by atoms with Crippen molar-refractivity contribution in [2.75, 3.05) is 18.2 Å². The Labute approximate surface area is 148 Å². The highest BCUT2D eigenvalue weighted by Crippen LogP contribution is 2.29. The van der Waals surface area contributed by atoms with Crippen molar-refractivity contribution in [3.8, 4) is 5.75 Å². The summed E-state index contributed by atoms with van der Waals surface area (Å²) in [6.45, 7) is 8.67. The molecule has 1 amide bonds. The number of rotatable bonds is 5. The van der Waals surface area contributed by atoms with E-state index in [1.54, 1.807) is 18.9 Å². The first-order valence-corrected chi connectivity index (χ1v) is 8.96. The van der Waals surface area contributed by atoms with Gasteiger partial charge in [-0.15, -0.1) is 11.8 Å². The molecule has 0 heterocycles. The molecule has 0 aliphatic heterocycles. The summed E-state index contributed by atoms with van der Waals surface area (Å²) in [6.07, 6.45) is 0. The Morgan fingerprint density at radius 2 is 1.92 bits per heavy atom. The number of anilines is 1. The van der Waals surface area contributed by atoms with E-state index in [2.05, 4.69) is 51.2 Å². The van der Waals surface area contributed by atoms with Crippen LogP contribution >= 0.6 is 11.8 Å². The number of thioether (sulfide) groups is 1. The number of amides is 1. The lowest BCUT2D eigenvalue weighted by Gasteiger charge is -2.20. The fourth-order valence-electron chi connectivity index (χ4n) is 2.26. The number of ether oxygens (including phenoxy) is 1. The van der Waals surface area contributed by atoms with Gasteiger partial charge in [0, 0.05) is 16.6 Å². The maximum Gasteiger partial charge on any atom is 0.234 e. The Morgan fingerprint density at radius 1 is 1.17 bits per heavy atom. The highest BCUT2D eigenvalue weighted by Gasteiger charge is 2.15. The summed E-state index contributed by atoms with van der Waals surface area (Å²) in [6, 6.07) is 13.9. The van der Waals surface area contributed by atoms with Gasteiger partial charge in [-0.3, -0.25) is 4.79 Å². The van der Waals surface area contributed by atoms with Crippen molar-refractivity contribution >= 4 is 23.4 Å². The van der Waals surface area contributed by atoms with Crippen LogP contribution in [0.15, 0.2) is 47.4 Å². The fourth-order valence-corrected chi connectivity index (χ4v) is 3.13. The van der Waals surface area contributed by atoms with Crippen molar-refractivity contribution in [2.45, 2.75) is 38.0 Å². The van der Waals surface area contributed by atoms with Crippen molar-refractivity contribution in [2.24, 2.45) is 0 Å². The Balaban J connectivity index is 2.01. The lowest BCUT2D eigenvalue weighted by atomic mass is 9.87. The van der Waals surface area contributed by atoms with Gasteiger partial charge < -0.3 is 10.1 Å². The van der Waals surface area contributed by atoms with Crippen molar-refractivity contribution in [1.29, 1.82) is 0 Å². The molecule has 0 unspecified atom stereocenters. The molecule has 0 aliphatic carbocycles. The second kappa shape index (κ2) is 7.75. The van der Waals surface area contributed by atoms with E-state index in [0.29, 0.717) is 5.75 Å². The lowest BCUT2D eigenvalue weighted by molar-refractivity contribution is -0.113. The second-order valence-corrected chi connectivity index (χ2v) is 7.82. The molecule has 4 heteroatoms. The SMILES string of the molecule is COc1cccc(NC(=O)CSc2cc(C(C)(C)C)ccc2C)c1. The van der Waals surface area contributed by atoms with E-state index < -0.39 is 0 Å². The zero-order chi connectivity index (χ0) is 17.7. The van der Waals surface area contributed by atoms with Crippen molar-refractivity contribution in [3.05, 3.63) is 53.6 Å². The number of hydrogen-bond acceptors (Lipinski definition) is 3. The van der Waals surface area contributed by atoms with E-state index in [4.69, 9.17) is 4.74 Å². The number of aryl methyl sites for hydroxylation is 1. The van der Waals surface area contributed by atoms with E-state index >= 15 is 0 Å². The third-order valence-electron chi connectivity index (χ3n) is 3.77. The average molecular weight is 343 g/mol. The summed E-state index contributed by atoms with van der Waals surface area (Å²) in [5, 5.41) is 2.91. The summed E-state index contributed by atoms with van der Waals surface area (Å²) in [4.78, 5) is 13.4. The van der Waals surface area contributed by atoms with E-state index in [9.17, 15) is 4.79 Å². The van der Waals surface area contributed by atoms with E-state index in [1.165, 1.54) is 11.1 Å². The molecule has 0 saturated heterocycles. The van der Waals surface area contributed by atoms with Crippen molar-refractivity contribution in [1.82, 2.24) is 0 Å². The van der Waals surface area contributed by atoms with Gasteiger partial charge in [0.1, 0.15) is 5.75 Å². The summed E-state index contributed by atoms with van der Waals surface area (Å²) in [5.41, 5.74) is 3.33. The van der Waals surface area contributed by atoms with Gasteiger partial charge in [0.2, 0.25) is 5.91 Å². The van der Waals surface area contributed by atoms with Gasteiger partial charge in [-0.05, 0) is 41.7 Å². The van der Waals surface area contributed by atoms with Crippen molar-refractivity contribution in [3.63, 3.8) is 0 Å². The van der Waals surface area contributed by atoms with Gasteiger partial charge >= 0.3 is 0 Å². The molecule has 0 spiro atoms. The van der Waals surface area contributed by atoms with Gasteiger partial charge in [-0.25, -0.2) is 0 Å². The minimum atomic E-state index is -0.0196. The fraction of sp³-hybridized carbons (Fsp3) is 0.350. The van der Waals surface area contributed by atoms with Crippen LogP contribution in [-0.2, 0) is 10.2 Å². The Hall–Kier alpha value is -1.94. The lowest BCUT2D eigenvalue weighted by Crippen LogP contribution is -2.14. The first kappa shape index (κ1) is 18.4. The largest absolute Gasteiger partial charge is 0.497 e. The maximum absolute atomic E-state index is 12.2. The second-order valence-electron chi connectivity index (χ2n) is 6.80. The summed E-state index contributed by atoms with van der Waals surface area (Å²) >= 11 is 1.57. The smallest absolute Gasteiger partial charge is 0.234 e. The molecule has 0 fully saturated rings. The minimum Gasteiger partial charge on any atom is -0.497 e. The molecular formula is C20H25NO2S. The predicted octanol–water partition coefficient (Wildman–Crippen LogP) is 5.03. The molecule has 0 saturated carbocycles. The van der Waals surface area contributed by atoms with Crippen LogP contribution in [0.5, 0.6) is 5.75 Å². The van der Waals surface area contributed by atoms with E-state index in [1.807, 2.05) is 24.3 Å². The molecule has 2 aromatic carbocycles. The topological polar surface area (TPSA) is 38.3 Å². The van der Waals surface area contributed by atoms with E-state index in [-0.39, 0.29) is 11.3 Å². The average Bonchev–Trinajstić information content (AvgIpc) is 2.53. The van der Waals surface area contributed by atoms with Crippen LogP contribution in [0.2, 0.25) is 0 Å². The van der Waals surface area contributed by atoms with Gasteiger partial charge in [0.05, 0.1) is 12.9 Å². The quantitative estimate of drug-likeness (QED) is 0.774. The molecule has 0 radical (unpaired) electrons. The van der Waals surface area contributed by atoms with Crippen LogP contribution in [-0.4, -0.2) is 18.8 Å². The van der Waals surface area contributed by atoms with Crippen LogP contribution < -0.4 is 10.1 Å². The third kappa shape index (κ3) is 5.03. The molecule has 1 N–H and O–H groups in total. The van der Waals surface area contributed by atoms with Gasteiger partial charge in [0.15, 0.2) is 0 Å². The van der Waals surface area contributed by atoms with Crippen LogP contribution in [0.25, 0.3) is 0 Å². The number of methoxy groups -OCH3 is 1. The zero-order valence-electron chi connectivity index (χ0n) is 15.0. The van der Waals surface area contributed by atoms with Crippen LogP contribution in [0.4, 0.5) is 5.69 Å². The molecular weight excluding hydrogens is 318 g/mol. The number of carbonyl (C=O) groups excluding carboxylic acids is 1. The standard InChI is InChI=1S/C20H25NO2S/c1-14-9-10-15(20(2,3)4)11-18(14)24-13-19(22)21-16-7-6-8-17(12-16)23-5/h6-12H,13H2,1-5H3,(H,21,22). The number of carbonyl (C=O) groups is 1. The van der Waals surface area contributed by atoms with Gasteiger partial charge in [-0.1, -0.05) is 39.0 Å². The third-order valence-corrected chi connectivity index (χ3v) is 4.92. The predicted molar refractivity (Wildman–Crippen MR) is 102 cm³/mol. The summed E-state index contributed by atoms with van der Waals surface area (Å²) in [5.74, 6) is 1.09. The normalized spacial score (nSPS) is 11.2. The molecule has 2 aromatic rings. The number of hydrogen-bond donors (Lipinski definition) is 1. The van der Waals surface area contributed by atoms with Gasteiger partial charge in [0.25, 0.3) is 0 Å². The molecule has 0 aliphatic rings. The molecule has 0 bridgehead atoms. The molecule has 0 aromatic heterocycles. The summed E-state index contributed by atoms with van der Waals surface area (Å²) < 4.78 is 5.17. The monoisotopic (exact) mass is 343 g/mol. The van der Waals surface area contributed by atoms with E-state index in [0.717, 1.165) is 16.3 Å². The van der Waals surface area contributed by atoms with Gasteiger partial charge in [-0.2, -0.15) is 0 Å². The van der Waals surface area contributed by atoms with Crippen molar-refractivity contribution < 1.29 is 9.53 Å². The van der Waals surface area contributed by atoms with Crippen LogP contribution in [0, 0.1) is 6.92 Å². The Kier molecular flexibility index (Phi) is 5.94. The molecule has 0 atom stereocenters. The van der Waals surface area contributed by atoms with Crippen LogP contribution in [0.3, 0.4) is 0 Å². The molecule has 3 nitrogen and oxygen atoms in total. The molecule has 128 valence electrons.